The lowest BCUT2D eigenvalue weighted by molar-refractivity contribution is 0.649. The van der Waals surface area contributed by atoms with Crippen molar-refractivity contribution in [3.63, 3.8) is 0 Å². The van der Waals surface area contributed by atoms with Crippen molar-refractivity contribution < 1.29 is 0 Å². The van der Waals surface area contributed by atoms with Gasteiger partial charge in [0.05, 0.1) is 16.8 Å². The number of halogens is 1. The fourth-order valence-electron chi connectivity index (χ4n) is 3.55. The number of hydrogen-bond acceptors (Lipinski definition) is 6. The Morgan fingerprint density at radius 1 is 1.15 bits per heavy atom. The normalized spacial score (nSPS) is 15.0. The van der Waals surface area contributed by atoms with Crippen molar-refractivity contribution in [3.8, 4) is 0 Å². The number of anilines is 3. The SMILES string of the molecule is CCc1[nH]nc2ncnc(N3CCN(c4cc(Br)cc(C)c4N)CC3)c12. The first-order valence-corrected chi connectivity index (χ1v) is 9.61. The monoisotopic (exact) mass is 415 g/mol. The second-order valence-electron chi connectivity index (χ2n) is 6.58. The maximum atomic E-state index is 6.32. The Kier molecular flexibility index (Phi) is 4.44. The highest BCUT2D eigenvalue weighted by atomic mass is 79.9. The first-order chi connectivity index (χ1) is 12.6. The number of aryl methyl sites for hydroxylation is 2. The predicted octanol–water partition coefficient (Wildman–Crippen LogP) is 2.90. The lowest BCUT2D eigenvalue weighted by atomic mass is 10.1. The van der Waals surface area contributed by atoms with Crippen molar-refractivity contribution >= 4 is 44.2 Å². The number of aromatic nitrogens is 4. The number of hydrogen-bond donors (Lipinski definition) is 2. The third-order valence-corrected chi connectivity index (χ3v) is 5.47. The average molecular weight is 416 g/mol. The molecule has 136 valence electrons. The quantitative estimate of drug-likeness (QED) is 0.639. The molecule has 1 aliphatic heterocycles. The molecule has 0 atom stereocenters. The summed E-state index contributed by atoms with van der Waals surface area (Å²) < 4.78 is 1.06. The van der Waals surface area contributed by atoms with Gasteiger partial charge >= 0.3 is 0 Å². The predicted molar refractivity (Wildman–Crippen MR) is 109 cm³/mol. The van der Waals surface area contributed by atoms with E-state index in [-0.39, 0.29) is 0 Å². The highest BCUT2D eigenvalue weighted by Crippen LogP contribution is 2.32. The molecule has 3 N–H and O–H groups in total. The van der Waals surface area contributed by atoms with Gasteiger partial charge in [-0.2, -0.15) is 5.10 Å². The summed E-state index contributed by atoms with van der Waals surface area (Å²) in [7, 11) is 0. The third kappa shape index (κ3) is 2.88. The molecule has 26 heavy (non-hydrogen) atoms. The van der Waals surface area contributed by atoms with Crippen LogP contribution in [0.15, 0.2) is 22.9 Å². The maximum absolute atomic E-state index is 6.32. The van der Waals surface area contributed by atoms with E-state index >= 15 is 0 Å². The molecular formula is C18H22BrN7. The summed E-state index contributed by atoms with van der Waals surface area (Å²) in [5.41, 5.74) is 11.2. The molecule has 1 aliphatic rings. The lowest BCUT2D eigenvalue weighted by Gasteiger charge is -2.37. The van der Waals surface area contributed by atoms with E-state index in [9.17, 15) is 0 Å². The topological polar surface area (TPSA) is 87.0 Å². The lowest BCUT2D eigenvalue weighted by Crippen LogP contribution is -2.47. The summed E-state index contributed by atoms with van der Waals surface area (Å²) >= 11 is 3.58. The van der Waals surface area contributed by atoms with E-state index in [0.29, 0.717) is 0 Å². The van der Waals surface area contributed by atoms with E-state index in [1.54, 1.807) is 6.33 Å². The second-order valence-corrected chi connectivity index (χ2v) is 7.50. The summed E-state index contributed by atoms with van der Waals surface area (Å²) in [5.74, 6) is 0.971. The maximum Gasteiger partial charge on any atom is 0.186 e. The zero-order valence-corrected chi connectivity index (χ0v) is 16.5. The van der Waals surface area contributed by atoms with E-state index in [4.69, 9.17) is 5.73 Å². The first kappa shape index (κ1) is 17.1. The minimum absolute atomic E-state index is 0.737. The van der Waals surface area contributed by atoms with Crippen LogP contribution in [-0.4, -0.2) is 46.3 Å². The van der Waals surface area contributed by atoms with Crippen molar-refractivity contribution in [1.29, 1.82) is 0 Å². The highest BCUT2D eigenvalue weighted by Gasteiger charge is 2.23. The fourth-order valence-corrected chi connectivity index (χ4v) is 4.11. The summed E-state index contributed by atoms with van der Waals surface area (Å²) in [4.78, 5) is 13.5. The Morgan fingerprint density at radius 3 is 2.62 bits per heavy atom. The minimum atomic E-state index is 0.737. The molecule has 0 bridgehead atoms. The molecular weight excluding hydrogens is 394 g/mol. The van der Waals surface area contributed by atoms with E-state index in [1.165, 1.54) is 0 Å². The van der Waals surface area contributed by atoms with Crippen LogP contribution >= 0.6 is 15.9 Å². The van der Waals surface area contributed by atoms with Crippen LogP contribution in [0, 0.1) is 6.92 Å². The zero-order valence-electron chi connectivity index (χ0n) is 15.0. The van der Waals surface area contributed by atoms with Crippen LogP contribution in [0.5, 0.6) is 0 Å². The van der Waals surface area contributed by atoms with E-state index in [0.717, 1.165) is 76.6 Å². The molecule has 3 heterocycles. The van der Waals surface area contributed by atoms with Gasteiger partial charge < -0.3 is 15.5 Å². The third-order valence-electron chi connectivity index (χ3n) is 5.01. The molecule has 1 saturated heterocycles. The minimum Gasteiger partial charge on any atom is -0.397 e. The Labute approximate surface area is 160 Å². The Bertz CT molecular complexity index is 944. The molecule has 0 aliphatic carbocycles. The van der Waals surface area contributed by atoms with Crippen LogP contribution in [0.25, 0.3) is 11.0 Å². The molecule has 1 aromatic carbocycles. The van der Waals surface area contributed by atoms with Gasteiger partial charge in [-0.05, 0) is 31.0 Å². The van der Waals surface area contributed by atoms with E-state index in [2.05, 4.69) is 65.0 Å². The first-order valence-electron chi connectivity index (χ1n) is 8.82. The van der Waals surface area contributed by atoms with Crippen LogP contribution in [0.4, 0.5) is 17.2 Å². The highest BCUT2D eigenvalue weighted by molar-refractivity contribution is 9.10. The summed E-state index contributed by atoms with van der Waals surface area (Å²) in [6.45, 7) is 7.70. The Hall–Kier alpha value is -2.35. The average Bonchev–Trinajstić information content (AvgIpc) is 3.08. The number of fused-ring (bicyclic) bond motifs is 1. The van der Waals surface area contributed by atoms with Gasteiger partial charge in [-0.3, -0.25) is 5.10 Å². The van der Waals surface area contributed by atoms with Crippen molar-refractivity contribution in [2.75, 3.05) is 41.7 Å². The number of rotatable bonds is 3. The zero-order chi connectivity index (χ0) is 18.3. The van der Waals surface area contributed by atoms with Crippen LogP contribution in [0.3, 0.4) is 0 Å². The number of nitrogens with zero attached hydrogens (tertiary/aromatic N) is 5. The molecule has 7 nitrogen and oxygen atoms in total. The molecule has 0 amide bonds. The number of nitrogens with two attached hydrogens (primary N) is 1. The Morgan fingerprint density at radius 2 is 1.88 bits per heavy atom. The van der Waals surface area contributed by atoms with Crippen molar-refractivity contribution in [2.45, 2.75) is 20.3 Å². The molecule has 2 aromatic heterocycles. The number of piperazine rings is 1. The van der Waals surface area contributed by atoms with E-state index < -0.39 is 0 Å². The van der Waals surface area contributed by atoms with Crippen molar-refractivity contribution in [2.24, 2.45) is 0 Å². The second kappa shape index (κ2) is 6.75. The number of nitrogens with one attached hydrogen (secondary N) is 1. The molecule has 0 unspecified atom stereocenters. The smallest absolute Gasteiger partial charge is 0.186 e. The van der Waals surface area contributed by atoms with Gasteiger partial charge in [-0.1, -0.05) is 22.9 Å². The molecule has 8 heteroatoms. The summed E-state index contributed by atoms with van der Waals surface area (Å²) in [5, 5.41) is 8.43. The molecule has 0 spiro atoms. The fraction of sp³-hybridized carbons (Fsp3) is 0.389. The van der Waals surface area contributed by atoms with Gasteiger partial charge in [0.25, 0.3) is 0 Å². The number of benzene rings is 1. The van der Waals surface area contributed by atoms with Crippen LogP contribution in [-0.2, 0) is 6.42 Å². The van der Waals surface area contributed by atoms with Crippen LogP contribution in [0.1, 0.15) is 18.2 Å². The van der Waals surface area contributed by atoms with Crippen molar-refractivity contribution in [3.05, 3.63) is 34.2 Å². The van der Waals surface area contributed by atoms with Gasteiger partial charge in [-0.15, -0.1) is 0 Å². The van der Waals surface area contributed by atoms with Gasteiger partial charge in [0.2, 0.25) is 0 Å². The van der Waals surface area contributed by atoms with Gasteiger partial charge in [0, 0.05) is 36.3 Å². The number of H-pyrrole nitrogens is 1. The van der Waals surface area contributed by atoms with E-state index in [1.807, 2.05) is 6.92 Å². The molecule has 4 rings (SSSR count). The molecule has 1 fully saturated rings. The van der Waals surface area contributed by atoms with Gasteiger partial charge in [0.1, 0.15) is 12.1 Å². The van der Waals surface area contributed by atoms with Gasteiger partial charge in [-0.25, -0.2) is 9.97 Å². The molecule has 0 radical (unpaired) electrons. The largest absolute Gasteiger partial charge is 0.397 e. The molecule has 3 aromatic rings. The number of nitrogen functional groups attached to an aromatic ring is 1. The summed E-state index contributed by atoms with van der Waals surface area (Å²) in [6, 6.07) is 4.16. The van der Waals surface area contributed by atoms with Crippen LogP contribution in [0.2, 0.25) is 0 Å². The Balaban J connectivity index is 1.59. The molecule has 0 saturated carbocycles. The van der Waals surface area contributed by atoms with Gasteiger partial charge in [0.15, 0.2) is 5.65 Å². The van der Waals surface area contributed by atoms with Crippen molar-refractivity contribution in [1.82, 2.24) is 20.2 Å². The van der Waals surface area contributed by atoms with Crippen LogP contribution < -0.4 is 15.5 Å². The standard InChI is InChI=1S/C18H22BrN7/c1-3-13-15-17(24-23-13)21-10-22-18(15)26-6-4-25(5-7-26)14-9-12(19)8-11(2)16(14)20/h8-10H,3-7,20H2,1-2H3,(H,21,22,23,24). The summed E-state index contributed by atoms with van der Waals surface area (Å²) in [6.07, 6.45) is 2.48. The number of aromatic amines is 1.